The summed E-state index contributed by atoms with van der Waals surface area (Å²) in [6.45, 7) is 0. The van der Waals surface area contributed by atoms with Gasteiger partial charge in [-0.1, -0.05) is 71.0 Å². The molecule has 0 spiro atoms. The fourth-order valence-electron chi connectivity index (χ4n) is 4.03. The number of para-hydroxylation sites is 4. The lowest BCUT2D eigenvalue weighted by Crippen LogP contribution is -2.21. The molecule has 0 saturated heterocycles. The van der Waals surface area contributed by atoms with E-state index in [1.807, 2.05) is 36.4 Å². The van der Waals surface area contributed by atoms with Gasteiger partial charge < -0.3 is 24.3 Å². The van der Waals surface area contributed by atoms with E-state index in [0.717, 1.165) is 11.3 Å². The summed E-state index contributed by atoms with van der Waals surface area (Å²) in [5.74, 6) is 2.78. The van der Waals surface area contributed by atoms with Crippen LogP contribution in [0.25, 0.3) is 22.6 Å². The Hall–Kier alpha value is -4.25. The number of benzene rings is 4. The summed E-state index contributed by atoms with van der Waals surface area (Å²) in [6.07, 6.45) is 0. The van der Waals surface area contributed by atoms with E-state index < -0.39 is 19.4 Å². The molecule has 2 aromatic heterocycles. The fourth-order valence-corrected chi connectivity index (χ4v) is 5.59. The van der Waals surface area contributed by atoms with Gasteiger partial charge in [-0.05, 0) is 48.5 Å². The molecule has 4 aromatic carbocycles. The van der Waals surface area contributed by atoms with Gasteiger partial charge in [-0.3, -0.25) is 9.44 Å². The van der Waals surface area contributed by atoms with E-state index in [9.17, 15) is 16.8 Å². The Kier molecular flexibility index (Phi) is 16.6. The second-order valence-electron chi connectivity index (χ2n) is 9.57. The molecular formula is C32H31ClI2N6O8S2. The van der Waals surface area contributed by atoms with Crippen molar-refractivity contribution in [1.29, 1.82) is 0 Å². The quantitative estimate of drug-likeness (QED) is 0.0759. The van der Waals surface area contributed by atoms with Crippen LogP contribution in [-0.2, 0) is 19.4 Å². The smallest absolute Gasteiger partial charge is 0.322 e. The van der Waals surface area contributed by atoms with Crippen LogP contribution in [-0.4, -0.2) is 41.4 Å². The molecule has 0 radical (unpaired) electrons. The van der Waals surface area contributed by atoms with E-state index in [0.29, 0.717) is 40.0 Å². The maximum atomic E-state index is 12.1. The lowest BCUT2D eigenvalue weighted by atomic mass is 10.1. The number of methoxy groups -OCH3 is 2. The number of hydrogen-bond acceptors (Lipinski definition) is 11. The van der Waals surface area contributed by atoms with Crippen molar-refractivity contribution in [3.63, 3.8) is 0 Å². The molecule has 270 valence electrons. The minimum atomic E-state index is -3.83. The van der Waals surface area contributed by atoms with E-state index in [4.69, 9.17) is 34.9 Å². The van der Waals surface area contributed by atoms with Crippen LogP contribution < -0.4 is 29.4 Å². The molecule has 0 saturated carbocycles. The Morgan fingerprint density at radius 3 is 1.51 bits per heavy atom. The molecule has 51 heavy (non-hydrogen) atoms. The molecule has 0 unspecified atom stereocenters. The van der Waals surface area contributed by atoms with Gasteiger partial charge in [0.25, 0.3) is 0 Å². The zero-order chi connectivity index (χ0) is 37.3. The Morgan fingerprint density at radius 2 is 1.06 bits per heavy atom. The van der Waals surface area contributed by atoms with Gasteiger partial charge in [0, 0.05) is 65.7 Å². The van der Waals surface area contributed by atoms with Gasteiger partial charge >= 0.3 is 19.4 Å². The van der Waals surface area contributed by atoms with Crippen LogP contribution in [0.15, 0.2) is 130 Å². The highest BCUT2D eigenvalue weighted by molar-refractivity contribution is 15.0. The molecule has 0 aliphatic heterocycles. The second kappa shape index (κ2) is 20.6. The van der Waals surface area contributed by atoms with Crippen molar-refractivity contribution in [2.75, 3.05) is 34.1 Å². The first-order valence-electron chi connectivity index (χ1n) is 14.2. The highest BCUT2D eigenvalue weighted by atomic mass is 128. The molecule has 0 atom stereocenters. The van der Waals surface area contributed by atoms with Gasteiger partial charge in [0.2, 0.25) is 0 Å². The van der Waals surface area contributed by atoms with Crippen molar-refractivity contribution < 1.29 is 35.4 Å². The van der Waals surface area contributed by atoms with Gasteiger partial charge in [-0.15, -0.1) is 0 Å². The minimum Gasteiger partial charge on any atom is -0.496 e. The molecule has 0 fully saturated rings. The third kappa shape index (κ3) is 14.1. The topological polar surface area (TPSA) is 201 Å². The molecular weight excluding hydrogens is 950 g/mol. The van der Waals surface area contributed by atoms with Crippen LogP contribution in [0.1, 0.15) is 0 Å². The van der Waals surface area contributed by atoms with Crippen LogP contribution in [0.2, 0.25) is 0 Å². The summed E-state index contributed by atoms with van der Waals surface area (Å²) in [7, 11) is 0.602. The third-order valence-corrected chi connectivity index (χ3v) is 7.76. The van der Waals surface area contributed by atoms with Crippen molar-refractivity contribution in [2.24, 2.45) is 0 Å². The zero-order valence-electron chi connectivity index (χ0n) is 26.7. The van der Waals surface area contributed by atoms with Crippen LogP contribution in [0.5, 0.6) is 11.5 Å². The van der Waals surface area contributed by atoms with Gasteiger partial charge in [-0.25, -0.2) is 4.72 Å². The monoisotopic (exact) mass is 980 g/mol. The summed E-state index contributed by atoms with van der Waals surface area (Å²) in [5.41, 5.74) is 7.89. The predicted octanol–water partition coefficient (Wildman–Crippen LogP) is 8.40. The number of nitrogens with one attached hydrogen (secondary N) is 3. The van der Waals surface area contributed by atoms with Crippen LogP contribution in [0.3, 0.4) is 0 Å². The molecule has 14 nitrogen and oxygen atoms in total. The zero-order valence-corrected chi connectivity index (χ0v) is 33.4. The van der Waals surface area contributed by atoms with E-state index in [1.165, 1.54) is 6.07 Å². The highest BCUT2D eigenvalue weighted by Gasteiger charge is 2.16. The first-order valence-corrected chi connectivity index (χ1v) is 24.3. The van der Waals surface area contributed by atoms with Crippen LogP contribution in [0.4, 0.5) is 23.0 Å². The van der Waals surface area contributed by atoms with Crippen molar-refractivity contribution >= 4 is 90.4 Å². The Balaban J connectivity index is 0.000000220. The summed E-state index contributed by atoms with van der Waals surface area (Å²) in [5, 5.41) is 7.35. The normalized spacial score (nSPS) is 10.5. The summed E-state index contributed by atoms with van der Waals surface area (Å²) in [4.78, 5) is 0. The standard InChI is InChI=1S/C16H15N3O4S.C10H10N2O2.C6H6ClNO2S.I2/c1-22-14-10-6-5-9-13(14)15-11-16(17-23-15)19-24(20,21)18-12-7-3-2-4-8-12;1-13-8-5-3-2-4-7(8)9-6-10(11)12-14-9;7-11(9,10)8-6-4-2-1-3-5-6;1-2/h2-11,18H,1H3,(H,17,19);2-6H,1H3,(H2,11,12);1-5,8H;. The lowest BCUT2D eigenvalue weighted by Gasteiger charge is -2.07. The lowest BCUT2D eigenvalue weighted by molar-refractivity contribution is 0.407. The largest absolute Gasteiger partial charge is 0.496 e. The minimum absolute atomic E-state index is 0.0688. The molecule has 19 heteroatoms. The average Bonchev–Trinajstić information content (AvgIpc) is 3.78. The summed E-state index contributed by atoms with van der Waals surface area (Å²) >= 11 is 4.24. The van der Waals surface area contributed by atoms with Crippen molar-refractivity contribution in [2.45, 2.75) is 0 Å². The van der Waals surface area contributed by atoms with Crippen LogP contribution >= 0.6 is 47.9 Å². The Bertz CT molecular complexity index is 2160. The van der Waals surface area contributed by atoms with E-state index in [-0.39, 0.29) is 5.82 Å². The number of nitrogens with two attached hydrogens (primary N) is 1. The van der Waals surface area contributed by atoms with Crippen LogP contribution in [0, 0.1) is 0 Å². The SMILES string of the molecule is COc1ccccc1-c1cc(N)no1.COc1ccccc1-c1cc(NS(=O)(=O)Nc2ccccc2)no1.II.O=S(=O)(Cl)Nc1ccccc1. The van der Waals surface area contributed by atoms with E-state index >= 15 is 0 Å². The van der Waals surface area contributed by atoms with Gasteiger partial charge in [0.05, 0.1) is 31.0 Å². The van der Waals surface area contributed by atoms with Crippen molar-refractivity contribution in [1.82, 2.24) is 10.3 Å². The fraction of sp³-hybridized carbons (Fsp3) is 0.0625. The van der Waals surface area contributed by atoms with E-state index in [2.05, 4.69) is 61.7 Å². The number of halogens is 3. The Morgan fingerprint density at radius 1 is 0.627 bits per heavy atom. The first-order chi connectivity index (χ1) is 24.5. The van der Waals surface area contributed by atoms with Gasteiger partial charge in [-0.2, -0.15) is 16.8 Å². The number of nitrogens with zero attached hydrogens (tertiary/aromatic N) is 2. The first kappa shape index (κ1) is 41.2. The number of anilines is 4. The number of nitrogen functional groups attached to an aromatic ring is 1. The molecule has 2 heterocycles. The summed E-state index contributed by atoms with van der Waals surface area (Å²) < 4.78 is 72.6. The molecule has 6 aromatic rings. The number of hydrogen-bond donors (Lipinski definition) is 4. The molecule has 0 aliphatic rings. The number of aromatic nitrogens is 2. The third-order valence-electron chi connectivity index (χ3n) is 6.06. The highest BCUT2D eigenvalue weighted by Crippen LogP contribution is 2.32. The summed E-state index contributed by atoms with van der Waals surface area (Å²) in [6, 6.07) is 34.9. The molecule has 5 N–H and O–H groups in total. The molecule has 0 aliphatic carbocycles. The second-order valence-corrected chi connectivity index (χ2v) is 13.3. The van der Waals surface area contributed by atoms with Crippen molar-refractivity contribution in [3.8, 4) is 34.1 Å². The molecule has 6 rings (SSSR count). The number of ether oxygens (including phenoxy) is 2. The predicted molar refractivity (Wildman–Crippen MR) is 217 cm³/mol. The van der Waals surface area contributed by atoms with Crippen molar-refractivity contribution in [3.05, 3.63) is 121 Å². The van der Waals surface area contributed by atoms with Gasteiger partial charge in [0.15, 0.2) is 23.2 Å². The average molecular weight is 981 g/mol. The number of rotatable bonds is 10. The van der Waals surface area contributed by atoms with Gasteiger partial charge in [0.1, 0.15) is 11.5 Å². The van der Waals surface area contributed by atoms with E-state index in [1.54, 1.807) is 93.1 Å². The molecule has 0 amide bonds. The maximum Gasteiger partial charge on any atom is 0.322 e. The maximum absolute atomic E-state index is 12.1. The Labute approximate surface area is 323 Å². The molecule has 0 bridgehead atoms.